The number of carbonyl (C=O) groups is 1. The van der Waals surface area contributed by atoms with Crippen molar-refractivity contribution in [3.8, 4) is 17.2 Å². The van der Waals surface area contributed by atoms with Crippen LogP contribution < -0.4 is 14.2 Å². The van der Waals surface area contributed by atoms with Crippen molar-refractivity contribution >= 4 is 5.91 Å². The van der Waals surface area contributed by atoms with Gasteiger partial charge >= 0.3 is 0 Å². The van der Waals surface area contributed by atoms with E-state index in [-0.39, 0.29) is 5.91 Å². The summed E-state index contributed by atoms with van der Waals surface area (Å²) < 4.78 is 17.1. The molecular weight excluding hydrogens is 354 g/mol. The minimum absolute atomic E-state index is 0.0838. The fourth-order valence-corrected chi connectivity index (χ4v) is 4.76. The van der Waals surface area contributed by atoms with Crippen molar-refractivity contribution in [1.82, 2.24) is 4.90 Å². The smallest absolute Gasteiger partial charge is 0.253 e. The summed E-state index contributed by atoms with van der Waals surface area (Å²) in [6.45, 7) is 3.05. The number of rotatable bonds is 3. The number of amides is 1. The summed E-state index contributed by atoms with van der Waals surface area (Å²) in [5.74, 6) is 3.38. The molecule has 0 aromatic heterocycles. The van der Waals surface area contributed by atoms with Gasteiger partial charge in [0.05, 0.1) is 20.3 Å². The molecule has 3 aliphatic rings. The standard InChI is InChI=1S/C23H25NO4/c1-26-18-4-2-3-17(13-18)23(25)24-9-5-15(6-10-24)21-19-8-12-27-20(19)14-16-7-11-28-22(16)21/h2-4,13-15H,5-12H2,1H3. The molecule has 0 unspecified atom stereocenters. The molecule has 146 valence electrons. The van der Waals surface area contributed by atoms with E-state index in [9.17, 15) is 4.79 Å². The number of methoxy groups -OCH3 is 1. The van der Waals surface area contributed by atoms with Crippen LogP contribution in [0.1, 0.15) is 45.8 Å². The Labute approximate surface area is 165 Å². The molecule has 0 saturated carbocycles. The van der Waals surface area contributed by atoms with E-state index in [0.717, 1.165) is 63.5 Å². The number of nitrogens with zero attached hydrogens (tertiary/aromatic N) is 1. The first kappa shape index (κ1) is 17.4. The van der Waals surface area contributed by atoms with Crippen LogP contribution >= 0.6 is 0 Å². The van der Waals surface area contributed by atoms with Crippen molar-refractivity contribution in [3.05, 3.63) is 52.6 Å². The average molecular weight is 379 g/mol. The lowest BCUT2D eigenvalue weighted by molar-refractivity contribution is 0.0712. The molecule has 5 heteroatoms. The van der Waals surface area contributed by atoms with E-state index >= 15 is 0 Å². The van der Waals surface area contributed by atoms with Crippen molar-refractivity contribution in [2.24, 2.45) is 0 Å². The van der Waals surface area contributed by atoms with Gasteiger partial charge in [0.1, 0.15) is 17.2 Å². The Morgan fingerprint density at radius 1 is 1.11 bits per heavy atom. The number of fused-ring (bicyclic) bond motifs is 2. The first-order chi connectivity index (χ1) is 13.7. The van der Waals surface area contributed by atoms with Gasteiger partial charge in [-0.3, -0.25) is 4.79 Å². The van der Waals surface area contributed by atoms with E-state index in [1.165, 1.54) is 16.7 Å². The van der Waals surface area contributed by atoms with E-state index in [0.29, 0.717) is 17.2 Å². The summed E-state index contributed by atoms with van der Waals surface area (Å²) in [6.07, 6.45) is 3.85. The number of benzene rings is 2. The lowest BCUT2D eigenvalue weighted by atomic mass is 9.83. The maximum Gasteiger partial charge on any atom is 0.253 e. The normalized spacial score (nSPS) is 18.2. The highest BCUT2D eigenvalue weighted by molar-refractivity contribution is 5.94. The Morgan fingerprint density at radius 2 is 1.93 bits per heavy atom. The molecule has 1 fully saturated rings. The average Bonchev–Trinajstić information content (AvgIpc) is 3.40. The van der Waals surface area contributed by atoms with Crippen LogP contribution in [0.25, 0.3) is 0 Å². The third-order valence-corrected chi connectivity index (χ3v) is 6.20. The van der Waals surface area contributed by atoms with E-state index < -0.39 is 0 Å². The molecule has 0 atom stereocenters. The lowest BCUT2D eigenvalue weighted by Crippen LogP contribution is -2.38. The monoisotopic (exact) mass is 379 g/mol. The molecule has 0 bridgehead atoms. The number of likely N-dealkylation sites (tertiary alicyclic amines) is 1. The maximum absolute atomic E-state index is 12.9. The maximum atomic E-state index is 12.9. The number of hydrogen-bond acceptors (Lipinski definition) is 4. The minimum atomic E-state index is 0.0838. The molecule has 2 aromatic rings. The summed E-state index contributed by atoms with van der Waals surface area (Å²) in [6, 6.07) is 9.58. The van der Waals surface area contributed by atoms with Gasteiger partial charge in [0.25, 0.3) is 5.91 Å². The van der Waals surface area contributed by atoms with E-state index in [2.05, 4.69) is 6.07 Å². The summed E-state index contributed by atoms with van der Waals surface area (Å²) in [7, 11) is 1.62. The molecule has 3 heterocycles. The largest absolute Gasteiger partial charge is 0.497 e. The summed E-state index contributed by atoms with van der Waals surface area (Å²) >= 11 is 0. The van der Waals surface area contributed by atoms with Crippen molar-refractivity contribution in [2.75, 3.05) is 33.4 Å². The molecule has 1 saturated heterocycles. The van der Waals surface area contributed by atoms with Crippen LogP contribution in [0.3, 0.4) is 0 Å². The van der Waals surface area contributed by atoms with Gasteiger partial charge in [0.2, 0.25) is 0 Å². The second kappa shape index (κ2) is 7.04. The van der Waals surface area contributed by atoms with E-state index in [1.54, 1.807) is 7.11 Å². The zero-order valence-electron chi connectivity index (χ0n) is 16.2. The Morgan fingerprint density at radius 3 is 2.75 bits per heavy atom. The van der Waals surface area contributed by atoms with Crippen LogP contribution in [-0.4, -0.2) is 44.2 Å². The van der Waals surface area contributed by atoms with Crippen LogP contribution in [0.2, 0.25) is 0 Å². The Kier molecular flexibility index (Phi) is 4.38. The third kappa shape index (κ3) is 2.89. The van der Waals surface area contributed by atoms with Gasteiger partial charge in [-0.1, -0.05) is 6.07 Å². The number of ether oxygens (including phenoxy) is 3. The van der Waals surface area contributed by atoms with Crippen LogP contribution in [-0.2, 0) is 12.8 Å². The fourth-order valence-electron chi connectivity index (χ4n) is 4.76. The molecule has 0 N–H and O–H groups in total. The molecule has 0 spiro atoms. The van der Waals surface area contributed by atoms with Crippen LogP contribution in [0, 0.1) is 0 Å². The molecule has 3 aliphatic heterocycles. The molecule has 5 nitrogen and oxygen atoms in total. The quantitative estimate of drug-likeness (QED) is 0.818. The van der Waals surface area contributed by atoms with Crippen LogP contribution in [0.4, 0.5) is 0 Å². The summed E-state index contributed by atoms with van der Waals surface area (Å²) in [5.41, 5.74) is 4.66. The molecule has 28 heavy (non-hydrogen) atoms. The van der Waals surface area contributed by atoms with Gasteiger partial charge in [-0.2, -0.15) is 0 Å². The molecule has 1 amide bonds. The zero-order valence-corrected chi connectivity index (χ0v) is 16.2. The first-order valence-corrected chi connectivity index (χ1v) is 10.1. The van der Waals surface area contributed by atoms with Gasteiger partial charge < -0.3 is 19.1 Å². The van der Waals surface area contributed by atoms with Crippen molar-refractivity contribution in [1.29, 1.82) is 0 Å². The predicted molar refractivity (Wildman–Crippen MR) is 106 cm³/mol. The van der Waals surface area contributed by atoms with E-state index in [1.807, 2.05) is 29.2 Å². The highest BCUT2D eigenvalue weighted by Crippen LogP contribution is 2.46. The number of piperidine rings is 1. The highest BCUT2D eigenvalue weighted by Gasteiger charge is 2.33. The fraction of sp³-hybridized carbons (Fsp3) is 0.435. The second-order valence-electron chi connectivity index (χ2n) is 7.75. The van der Waals surface area contributed by atoms with Gasteiger partial charge in [-0.25, -0.2) is 0 Å². The highest BCUT2D eigenvalue weighted by atomic mass is 16.5. The molecule has 0 aliphatic carbocycles. The Bertz CT molecular complexity index is 883. The molecule has 0 radical (unpaired) electrons. The SMILES string of the molecule is COc1cccc(C(=O)N2CCC(c3c4c(cc5c3OCC5)OCC4)CC2)c1. The van der Waals surface area contributed by atoms with Gasteiger partial charge in [-0.15, -0.1) is 0 Å². The second-order valence-corrected chi connectivity index (χ2v) is 7.75. The van der Waals surface area contributed by atoms with Crippen molar-refractivity contribution < 1.29 is 19.0 Å². The first-order valence-electron chi connectivity index (χ1n) is 10.1. The number of hydrogen-bond donors (Lipinski definition) is 0. The topological polar surface area (TPSA) is 48.0 Å². The third-order valence-electron chi connectivity index (χ3n) is 6.20. The predicted octanol–water partition coefficient (Wildman–Crippen LogP) is 3.58. The van der Waals surface area contributed by atoms with E-state index in [4.69, 9.17) is 14.2 Å². The van der Waals surface area contributed by atoms with Gasteiger partial charge in [0.15, 0.2) is 0 Å². The Hall–Kier alpha value is -2.69. The van der Waals surface area contributed by atoms with Gasteiger partial charge in [0, 0.05) is 48.2 Å². The molecule has 2 aromatic carbocycles. The van der Waals surface area contributed by atoms with Gasteiger partial charge in [-0.05, 0) is 43.0 Å². The minimum Gasteiger partial charge on any atom is -0.497 e. The Balaban J connectivity index is 1.35. The molecule has 5 rings (SSSR count). The van der Waals surface area contributed by atoms with Crippen molar-refractivity contribution in [3.63, 3.8) is 0 Å². The lowest BCUT2D eigenvalue weighted by Gasteiger charge is -2.33. The number of carbonyl (C=O) groups excluding carboxylic acids is 1. The van der Waals surface area contributed by atoms with Crippen LogP contribution in [0.15, 0.2) is 30.3 Å². The summed E-state index contributed by atoms with van der Waals surface area (Å²) in [4.78, 5) is 14.9. The zero-order chi connectivity index (χ0) is 19.1. The van der Waals surface area contributed by atoms with Crippen molar-refractivity contribution in [2.45, 2.75) is 31.6 Å². The van der Waals surface area contributed by atoms with Crippen LogP contribution in [0.5, 0.6) is 17.2 Å². The molecular formula is C23H25NO4. The summed E-state index contributed by atoms with van der Waals surface area (Å²) in [5, 5.41) is 0.